The van der Waals surface area contributed by atoms with Crippen LogP contribution >= 0.6 is 11.3 Å². The maximum absolute atomic E-state index is 13.8. The van der Waals surface area contributed by atoms with E-state index in [2.05, 4.69) is 5.32 Å². The number of hydrogen-bond acceptors (Lipinski definition) is 5. The largest absolute Gasteiger partial charge is 0.340 e. The van der Waals surface area contributed by atoms with Gasteiger partial charge in [-0.1, -0.05) is 63.4 Å². The van der Waals surface area contributed by atoms with Crippen molar-refractivity contribution >= 4 is 34.8 Å². The monoisotopic (exact) mass is 549 g/mol. The van der Waals surface area contributed by atoms with Crippen molar-refractivity contribution in [2.45, 2.75) is 83.3 Å². The van der Waals surface area contributed by atoms with Crippen LogP contribution in [-0.4, -0.2) is 64.5 Å². The van der Waals surface area contributed by atoms with Crippen LogP contribution in [0.1, 0.15) is 74.9 Å². The van der Waals surface area contributed by atoms with Crippen molar-refractivity contribution < 1.29 is 19.2 Å². The summed E-state index contributed by atoms with van der Waals surface area (Å²) in [5.41, 5.74) is 1.04. The number of benzene rings is 1. The molecule has 1 N–H and O–H groups in total. The van der Waals surface area contributed by atoms with E-state index in [0.29, 0.717) is 36.6 Å². The van der Waals surface area contributed by atoms with E-state index in [0.717, 1.165) is 23.3 Å². The summed E-state index contributed by atoms with van der Waals surface area (Å²) in [5, 5.41) is 2.98. The highest BCUT2D eigenvalue weighted by atomic mass is 32.1. The maximum atomic E-state index is 13.8. The van der Waals surface area contributed by atoms with E-state index in [4.69, 9.17) is 0 Å². The van der Waals surface area contributed by atoms with E-state index in [9.17, 15) is 19.2 Å². The standard InChI is InChI=1S/C31H39N3O4S/c1-20(2)17-23(32-30(37)27-14-13-26(39-27)22-11-7-4-8-12-22)31(38)33-16-15-24-29(33)25(35)19-34(24)28(36)18-21-9-5-3-6-10-21/h4,7-8,11-14,20-21,23-24,29H,3,5-6,9-10,15-19H2,1-2H3,(H,32,37). The lowest BCUT2D eigenvalue weighted by Crippen LogP contribution is -2.52. The Balaban J connectivity index is 1.26. The van der Waals surface area contributed by atoms with Gasteiger partial charge in [0.2, 0.25) is 11.8 Å². The Hall–Kier alpha value is -3.00. The smallest absolute Gasteiger partial charge is 0.262 e. The van der Waals surface area contributed by atoms with Gasteiger partial charge in [-0.15, -0.1) is 11.3 Å². The first kappa shape index (κ1) is 27.6. The number of ketones is 1. The Bertz CT molecular complexity index is 1200. The fourth-order valence-corrected chi connectivity index (χ4v) is 7.40. The highest BCUT2D eigenvalue weighted by Gasteiger charge is 2.52. The maximum Gasteiger partial charge on any atom is 0.262 e. The molecule has 0 bridgehead atoms. The molecule has 1 aromatic carbocycles. The van der Waals surface area contributed by atoms with Crippen LogP contribution in [0.2, 0.25) is 0 Å². The number of thiophene rings is 1. The highest BCUT2D eigenvalue weighted by molar-refractivity contribution is 7.17. The number of carbonyl (C=O) groups excluding carboxylic acids is 4. The Morgan fingerprint density at radius 1 is 0.974 bits per heavy atom. The molecule has 1 saturated carbocycles. The summed E-state index contributed by atoms with van der Waals surface area (Å²) in [6.07, 6.45) is 7.34. The number of amides is 3. The second-order valence-corrected chi connectivity index (χ2v) is 12.8. The second kappa shape index (κ2) is 12.0. The molecule has 2 saturated heterocycles. The van der Waals surface area contributed by atoms with Crippen molar-refractivity contribution in [1.82, 2.24) is 15.1 Å². The van der Waals surface area contributed by atoms with Gasteiger partial charge in [-0.25, -0.2) is 0 Å². The van der Waals surface area contributed by atoms with Crippen molar-refractivity contribution in [3.8, 4) is 10.4 Å². The lowest BCUT2D eigenvalue weighted by molar-refractivity contribution is -0.138. The van der Waals surface area contributed by atoms with E-state index >= 15 is 0 Å². The molecule has 39 heavy (non-hydrogen) atoms. The fraction of sp³-hybridized carbons (Fsp3) is 0.548. The van der Waals surface area contributed by atoms with E-state index in [1.165, 1.54) is 30.6 Å². The van der Waals surface area contributed by atoms with Gasteiger partial charge >= 0.3 is 0 Å². The Labute approximate surface area is 234 Å². The van der Waals surface area contributed by atoms with Gasteiger partial charge in [0.15, 0.2) is 5.78 Å². The molecule has 8 heteroatoms. The predicted octanol–water partition coefficient (Wildman–Crippen LogP) is 4.91. The number of carbonyl (C=O) groups is 4. The first-order valence-electron chi connectivity index (χ1n) is 14.4. The molecule has 0 spiro atoms. The first-order chi connectivity index (χ1) is 18.8. The molecule has 3 fully saturated rings. The summed E-state index contributed by atoms with van der Waals surface area (Å²) in [6.45, 7) is 4.55. The predicted molar refractivity (Wildman–Crippen MR) is 152 cm³/mol. The minimum absolute atomic E-state index is 0.0518. The number of Topliss-reactive ketones (excluding diaryl/α,β-unsaturated/α-hetero) is 1. The molecule has 5 rings (SSSR count). The highest BCUT2D eigenvalue weighted by Crippen LogP contribution is 2.34. The number of fused-ring (bicyclic) bond motifs is 1. The molecule has 1 aromatic heterocycles. The lowest BCUT2D eigenvalue weighted by Gasteiger charge is -2.29. The normalized spacial score (nSPS) is 22.3. The Kier molecular flexibility index (Phi) is 8.50. The summed E-state index contributed by atoms with van der Waals surface area (Å²) in [5.74, 6) is 0.0658. The zero-order chi connectivity index (χ0) is 27.5. The number of nitrogens with one attached hydrogen (secondary N) is 1. The molecular weight excluding hydrogens is 510 g/mol. The third-order valence-electron chi connectivity index (χ3n) is 8.41. The Morgan fingerprint density at radius 2 is 1.72 bits per heavy atom. The molecule has 3 amide bonds. The van der Waals surface area contributed by atoms with Gasteiger partial charge in [-0.05, 0) is 55.2 Å². The quantitative estimate of drug-likeness (QED) is 0.507. The van der Waals surface area contributed by atoms with Gasteiger partial charge in [0.1, 0.15) is 12.1 Å². The van der Waals surface area contributed by atoms with Gasteiger partial charge in [-0.2, -0.15) is 0 Å². The van der Waals surface area contributed by atoms with Crippen LogP contribution in [0.3, 0.4) is 0 Å². The molecule has 3 heterocycles. The van der Waals surface area contributed by atoms with Crippen LogP contribution in [0.4, 0.5) is 0 Å². The Morgan fingerprint density at radius 3 is 2.44 bits per heavy atom. The molecule has 2 aromatic rings. The molecule has 7 nitrogen and oxygen atoms in total. The summed E-state index contributed by atoms with van der Waals surface area (Å²) < 4.78 is 0. The van der Waals surface area contributed by atoms with Crippen LogP contribution in [0.5, 0.6) is 0 Å². The fourth-order valence-electron chi connectivity index (χ4n) is 6.49. The van der Waals surface area contributed by atoms with Crippen molar-refractivity contribution in [3.05, 3.63) is 47.3 Å². The molecule has 1 aliphatic carbocycles. The van der Waals surface area contributed by atoms with Gasteiger partial charge < -0.3 is 15.1 Å². The number of likely N-dealkylation sites (tertiary alicyclic amines) is 2. The van der Waals surface area contributed by atoms with Crippen molar-refractivity contribution in [1.29, 1.82) is 0 Å². The number of rotatable bonds is 8. The summed E-state index contributed by atoms with van der Waals surface area (Å²) in [6, 6.07) is 12.0. The molecule has 3 aliphatic rings. The topological polar surface area (TPSA) is 86.8 Å². The van der Waals surface area contributed by atoms with Crippen LogP contribution in [-0.2, 0) is 14.4 Å². The lowest BCUT2D eigenvalue weighted by atomic mass is 9.86. The molecular formula is C31H39N3O4S. The number of hydrogen-bond donors (Lipinski definition) is 1. The van der Waals surface area contributed by atoms with E-state index in [1.54, 1.807) is 15.9 Å². The van der Waals surface area contributed by atoms with Crippen LogP contribution in [0, 0.1) is 11.8 Å². The molecule has 208 valence electrons. The molecule has 2 aliphatic heterocycles. The van der Waals surface area contributed by atoms with E-state index < -0.39 is 12.1 Å². The number of nitrogens with zero attached hydrogens (tertiary/aromatic N) is 2. The van der Waals surface area contributed by atoms with E-state index in [-0.39, 0.29) is 42.0 Å². The average Bonchev–Trinajstić information content (AvgIpc) is 3.66. The molecule has 3 unspecified atom stereocenters. The third-order valence-corrected chi connectivity index (χ3v) is 9.55. The minimum atomic E-state index is -0.724. The summed E-state index contributed by atoms with van der Waals surface area (Å²) >= 11 is 1.40. The summed E-state index contributed by atoms with van der Waals surface area (Å²) in [7, 11) is 0. The zero-order valence-electron chi connectivity index (χ0n) is 22.9. The van der Waals surface area contributed by atoms with Crippen LogP contribution in [0.15, 0.2) is 42.5 Å². The first-order valence-corrected chi connectivity index (χ1v) is 15.2. The van der Waals surface area contributed by atoms with Gasteiger partial charge in [0.05, 0.1) is 17.5 Å². The van der Waals surface area contributed by atoms with Gasteiger partial charge in [0.25, 0.3) is 5.91 Å². The third kappa shape index (κ3) is 6.11. The zero-order valence-corrected chi connectivity index (χ0v) is 23.8. The van der Waals surface area contributed by atoms with Crippen LogP contribution in [0.25, 0.3) is 10.4 Å². The SMILES string of the molecule is CC(C)CC(NC(=O)c1ccc(-c2ccccc2)s1)C(=O)N1CCC2C1C(=O)CN2C(=O)CC1CCCCC1. The molecule has 3 atom stereocenters. The minimum Gasteiger partial charge on any atom is -0.340 e. The van der Waals surface area contributed by atoms with Gasteiger partial charge in [0, 0.05) is 17.8 Å². The van der Waals surface area contributed by atoms with Crippen LogP contribution < -0.4 is 5.32 Å². The average molecular weight is 550 g/mol. The van der Waals surface area contributed by atoms with Gasteiger partial charge in [-0.3, -0.25) is 19.2 Å². The second-order valence-electron chi connectivity index (χ2n) is 11.7. The summed E-state index contributed by atoms with van der Waals surface area (Å²) in [4.78, 5) is 58.3. The van der Waals surface area contributed by atoms with E-state index in [1.807, 2.05) is 50.2 Å². The molecule has 0 radical (unpaired) electrons. The van der Waals surface area contributed by atoms with Crippen molar-refractivity contribution in [2.75, 3.05) is 13.1 Å². The van der Waals surface area contributed by atoms with Crippen molar-refractivity contribution in [2.24, 2.45) is 11.8 Å². The van der Waals surface area contributed by atoms with Crippen molar-refractivity contribution in [3.63, 3.8) is 0 Å².